The van der Waals surface area contributed by atoms with Crippen LogP contribution in [0.25, 0.3) is 0 Å². The van der Waals surface area contributed by atoms with Crippen LogP contribution in [-0.2, 0) is 4.79 Å². The zero-order chi connectivity index (χ0) is 15.3. The average Bonchev–Trinajstić information content (AvgIpc) is 2.40. The van der Waals surface area contributed by atoms with Gasteiger partial charge in [-0.3, -0.25) is 9.69 Å². The van der Waals surface area contributed by atoms with Crippen LogP contribution in [0.4, 0.5) is 0 Å². The molecule has 1 aromatic carbocycles. The Bertz CT molecular complexity index is 439. The van der Waals surface area contributed by atoms with E-state index in [0.717, 1.165) is 11.1 Å². The molecule has 0 bridgehead atoms. The quantitative estimate of drug-likeness (QED) is 0.708. The molecule has 3 N–H and O–H groups in total. The largest absolute Gasteiger partial charge is 0.394 e. The van der Waals surface area contributed by atoms with Crippen molar-refractivity contribution >= 4 is 5.91 Å². The second-order valence-corrected chi connectivity index (χ2v) is 5.64. The third-order valence-corrected chi connectivity index (χ3v) is 3.28. The molecule has 0 aliphatic carbocycles. The van der Waals surface area contributed by atoms with Crippen LogP contribution >= 0.6 is 0 Å². The van der Waals surface area contributed by atoms with Gasteiger partial charge in [-0.2, -0.15) is 0 Å². The number of nitrogens with one attached hydrogen (secondary N) is 1. The minimum absolute atomic E-state index is 0.246. The van der Waals surface area contributed by atoms with Crippen molar-refractivity contribution in [2.45, 2.75) is 25.4 Å². The fourth-order valence-corrected chi connectivity index (χ4v) is 1.93. The third-order valence-electron chi connectivity index (χ3n) is 3.28. The number of aliphatic hydroxyl groups excluding tert-OH is 2. The van der Waals surface area contributed by atoms with Crippen LogP contribution in [0.5, 0.6) is 0 Å². The molecule has 0 fully saturated rings. The number of aryl methyl sites for hydroxylation is 1. The van der Waals surface area contributed by atoms with E-state index in [4.69, 9.17) is 0 Å². The fourth-order valence-electron chi connectivity index (χ4n) is 1.93. The number of hydrogen-bond acceptors (Lipinski definition) is 4. The highest BCUT2D eigenvalue weighted by molar-refractivity contribution is 5.83. The van der Waals surface area contributed by atoms with Crippen molar-refractivity contribution in [1.29, 1.82) is 0 Å². The van der Waals surface area contributed by atoms with Gasteiger partial charge in [0.25, 0.3) is 0 Å². The van der Waals surface area contributed by atoms with Crippen molar-refractivity contribution in [1.82, 2.24) is 10.2 Å². The lowest BCUT2D eigenvalue weighted by atomic mass is 10.0. The molecule has 0 aliphatic heterocycles. The molecule has 1 amide bonds. The summed E-state index contributed by atoms with van der Waals surface area (Å²) in [6.07, 6.45) is 0. The van der Waals surface area contributed by atoms with Crippen molar-refractivity contribution in [3.8, 4) is 0 Å². The molecule has 1 rings (SSSR count). The molecule has 0 heterocycles. The highest BCUT2D eigenvalue weighted by atomic mass is 16.3. The van der Waals surface area contributed by atoms with E-state index in [1.807, 2.05) is 45.3 Å². The number of benzene rings is 1. The van der Waals surface area contributed by atoms with Gasteiger partial charge in [-0.05, 0) is 33.5 Å². The first-order valence-electron chi connectivity index (χ1n) is 6.60. The number of carbonyl (C=O) groups is 1. The number of nitrogens with zero attached hydrogens (tertiary/aromatic N) is 1. The van der Waals surface area contributed by atoms with Gasteiger partial charge in [0.05, 0.1) is 18.8 Å². The van der Waals surface area contributed by atoms with Crippen LogP contribution in [0, 0.1) is 6.92 Å². The van der Waals surface area contributed by atoms with Crippen molar-refractivity contribution < 1.29 is 15.0 Å². The van der Waals surface area contributed by atoms with Crippen LogP contribution in [-0.4, -0.2) is 53.9 Å². The minimum atomic E-state index is -1.02. The van der Waals surface area contributed by atoms with E-state index >= 15 is 0 Å². The van der Waals surface area contributed by atoms with Gasteiger partial charge in [-0.25, -0.2) is 0 Å². The Morgan fingerprint density at radius 2 is 1.75 bits per heavy atom. The van der Waals surface area contributed by atoms with Gasteiger partial charge in [0.15, 0.2) is 0 Å². The lowest BCUT2D eigenvalue weighted by Crippen LogP contribution is -2.54. The first kappa shape index (κ1) is 16.6. The second-order valence-electron chi connectivity index (χ2n) is 5.64. The summed E-state index contributed by atoms with van der Waals surface area (Å²) >= 11 is 0. The molecule has 0 radical (unpaired) electrons. The average molecular weight is 280 g/mol. The van der Waals surface area contributed by atoms with E-state index in [0.29, 0.717) is 0 Å². The summed E-state index contributed by atoms with van der Waals surface area (Å²) in [5.41, 5.74) is 0.981. The number of rotatable bonds is 6. The fraction of sp³-hybridized carbons (Fsp3) is 0.533. The summed E-state index contributed by atoms with van der Waals surface area (Å²) in [6, 6.07) is 7.27. The van der Waals surface area contributed by atoms with E-state index < -0.39 is 11.6 Å². The highest BCUT2D eigenvalue weighted by Crippen LogP contribution is 2.20. The van der Waals surface area contributed by atoms with Crippen molar-refractivity contribution in [2.24, 2.45) is 0 Å². The maximum atomic E-state index is 12.4. The van der Waals surface area contributed by atoms with Crippen molar-refractivity contribution in [3.05, 3.63) is 35.4 Å². The molecule has 0 spiro atoms. The Labute approximate surface area is 120 Å². The molecule has 0 unspecified atom stereocenters. The number of amides is 1. The van der Waals surface area contributed by atoms with Gasteiger partial charge < -0.3 is 15.5 Å². The van der Waals surface area contributed by atoms with Crippen LogP contribution in [0.15, 0.2) is 24.3 Å². The molecule has 5 nitrogen and oxygen atoms in total. The molecule has 20 heavy (non-hydrogen) atoms. The summed E-state index contributed by atoms with van der Waals surface area (Å²) in [7, 11) is 3.64. The molecule has 0 aromatic heterocycles. The van der Waals surface area contributed by atoms with Gasteiger partial charge in [0, 0.05) is 0 Å². The lowest BCUT2D eigenvalue weighted by Gasteiger charge is -2.31. The summed E-state index contributed by atoms with van der Waals surface area (Å²) in [5, 5.41) is 21.3. The second kappa shape index (κ2) is 6.83. The molecule has 5 heteroatoms. The predicted octanol–water partition coefficient (Wildman–Crippen LogP) is 0.457. The smallest absolute Gasteiger partial charge is 0.242 e. The summed E-state index contributed by atoms with van der Waals surface area (Å²) in [6.45, 7) is 2.96. The number of likely N-dealkylation sites (N-methyl/N-ethyl adjacent to an activating group) is 1. The molecule has 112 valence electrons. The molecule has 0 saturated heterocycles. The topological polar surface area (TPSA) is 72.8 Å². The van der Waals surface area contributed by atoms with Gasteiger partial charge in [0.1, 0.15) is 6.04 Å². The molecule has 1 aromatic rings. The molecule has 0 aliphatic rings. The van der Waals surface area contributed by atoms with E-state index in [2.05, 4.69) is 5.32 Å². The van der Waals surface area contributed by atoms with E-state index in [9.17, 15) is 15.0 Å². The number of hydrogen-bond donors (Lipinski definition) is 3. The standard InChI is InChI=1S/C15H24N2O3/c1-11-5-7-12(8-6-11)13(17(3)4)14(20)16-15(2,9-18)10-19/h5-8,13,18-19H,9-10H2,1-4H3,(H,16,20)/t13-/m1/s1. The van der Waals surface area contributed by atoms with Crippen molar-refractivity contribution in [3.63, 3.8) is 0 Å². The molecule has 0 saturated carbocycles. The molecule has 1 atom stereocenters. The van der Waals surface area contributed by atoms with Gasteiger partial charge in [0.2, 0.25) is 5.91 Å². The highest BCUT2D eigenvalue weighted by Gasteiger charge is 2.30. The minimum Gasteiger partial charge on any atom is -0.394 e. The first-order valence-corrected chi connectivity index (χ1v) is 6.60. The normalized spacial score (nSPS) is 13.3. The van der Waals surface area contributed by atoms with Crippen LogP contribution < -0.4 is 5.32 Å². The zero-order valence-electron chi connectivity index (χ0n) is 12.6. The van der Waals surface area contributed by atoms with Gasteiger partial charge >= 0.3 is 0 Å². The molecular weight excluding hydrogens is 256 g/mol. The summed E-state index contributed by atoms with van der Waals surface area (Å²) < 4.78 is 0. The maximum Gasteiger partial charge on any atom is 0.242 e. The van der Waals surface area contributed by atoms with E-state index in [-0.39, 0.29) is 19.1 Å². The van der Waals surface area contributed by atoms with Gasteiger partial charge in [-0.1, -0.05) is 29.8 Å². The Morgan fingerprint density at radius 1 is 1.25 bits per heavy atom. The molecular formula is C15H24N2O3. The van der Waals surface area contributed by atoms with E-state index in [1.165, 1.54) is 0 Å². The van der Waals surface area contributed by atoms with Gasteiger partial charge in [-0.15, -0.1) is 0 Å². The summed E-state index contributed by atoms with van der Waals surface area (Å²) in [5.74, 6) is -0.246. The van der Waals surface area contributed by atoms with Crippen LogP contribution in [0.3, 0.4) is 0 Å². The maximum absolute atomic E-state index is 12.4. The first-order chi connectivity index (χ1) is 9.33. The monoisotopic (exact) mass is 280 g/mol. The Balaban J connectivity index is 2.97. The Kier molecular flexibility index (Phi) is 5.68. The third kappa shape index (κ3) is 4.03. The number of carbonyl (C=O) groups excluding carboxylic acids is 1. The Hall–Kier alpha value is -1.43. The lowest BCUT2D eigenvalue weighted by molar-refractivity contribution is -0.128. The van der Waals surface area contributed by atoms with Crippen LogP contribution in [0.1, 0.15) is 24.1 Å². The predicted molar refractivity (Wildman–Crippen MR) is 78.3 cm³/mol. The zero-order valence-corrected chi connectivity index (χ0v) is 12.6. The summed E-state index contributed by atoms with van der Waals surface area (Å²) in [4.78, 5) is 14.2. The van der Waals surface area contributed by atoms with Crippen LogP contribution in [0.2, 0.25) is 0 Å². The van der Waals surface area contributed by atoms with E-state index in [1.54, 1.807) is 11.8 Å². The number of aliphatic hydroxyl groups is 2. The Morgan fingerprint density at radius 3 is 2.15 bits per heavy atom. The SMILES string of the molecule is Cc1ccc([C@H](C(=O)NC(C)(CO)CO)N(C)C)cc1. The van der Waals surface area contributed by atoms with Crippen molar-refractivity contribution in [2.75, 3.05) is 27.3 Å².